The molecule has 4 rings (SSSR count). The van der Waals surface area contributed by atoms with Crippen molar-refractivity contribution in [1.29, 1.82) is 0 Å². The highest BCUT2D eigenvalue weighted by Gasteiger charge is 2.19. The number of hydrogen-bond donors (Lipinski definition) is 2. The van der Waals surface area contributed by atoms with Crippen molar-refractivity contribution in [2.24, 2.45) is 5.92 Å². The maximum Gasteiger partial charge on any atom is 0.269 e. The van der Waals surface area contributed by atoms with Crippen LogP contribution < -0.4 is 15.4 Å². The zero-order valence-electron chi connectivity index (χ0n) is 17.1. The lowest BCUT2D eigenvalue weighted by Gasteiger charge is -2.22. The summed E-state index contributed by atoms with van der Waals surface area (Å²) < 4.78 is 26.3. The molecule has 30 heavy (non-hydrogen) atoms. The second kappa shape index (κ2) is 8.71. The van der Waals surface area contributed by atoms with E-state index in [1.165, 1.54) is 25.4 Å². The number of halogens is 1. The first kappa shape index (κ1) is 20.2. The number of amides is 1. The maximum absolute atomic E-state index is 13.7. The van der Waals surface area contributed by atoms with Gasteiger partial charge in [-0.2, -0.15) is 0 Å². The standard InChI is InChI=1S/C22H25FN4O3/c1-14-3-5-18-21(26-17-11-16(23)4-6-20(17)29-2)24-13-19(27(14)18)22(28)25-12-15-7-9-30-10-8-15/h3-6,11,13,15H,7-10,12H2,1-2H3,(H,24,26)(H,25,28). The summed E-state index contributed by atoms with van der Waals surface area (Å²) in [4.78, 5) is 17.3. The van der Waals surface area contributed by atoms with Crippen molar-refractivity contribution < 1.29 is 18.7 Å². The number of hydrogen-bond acceptors (Lipinski definition) is 5. The first-order valence-electron chi connectivity index (χ1n) is 10.0. The van der Waals surface area contributed by atoms with Gasteiger partial charge in [-0.25, -0.2) is 9.37 Å². The summed E-state index contributed by atoms with van der Waals surface area (Å²) in [5.74, 6) is 0.877. The minimum atomic E-state index is -0.384. The second-order valence-electron chi connectivity index (χ2n) is 7.42. The number of methoxy groups -OCH3 is 1. The molecule has 0 radical (unpaired) electrons. The van der Waals surface area contributed by atoms with Crippen molar-refractivity contribution >= 4 is 22.9 Å². The van der Waals surface area contributed by atoms with E-state index in [0.717, 1.165) is 37.3 Å². The lowest BCUT2D eigenvalue weighted by molar-refractivity contribution is 0.0642. The van der Waals surface area contributed by atoms with Gasteiger partial charge >= 0.3 is 0 Å². The van der Waals surface area contributed by atoms with Gasteiger partial charge in [-0.3, -0.25) is 4.79 Å². The van der Waals surface area contributed by atoms with Crippen molar-refractivity contribution in [2.45, 2.75) is 19.8 Å². The molecule has 1 saturated heterocycles. The number of aryl methyl sites for hydroxylation is 1. The van der Waals surface area contributed by atoms with E-state index in [2.05, 4.69) is 15.6 Å². The number of carbonyl (C=O) groups excluding carboxylic acids is 1. The minimum absolute atomic E-state index is 0.173. The van der Waals surface area contributed by atoms with Crippen LogP contribution in [0.2, 0.25) is 0 Å². The van der Waals surface area contributed by atoms with Crippen LogP contribution in [0.4, 0.5) is 15.9 Å². The van der Waals surface area contributed by atoms with E-state index in [4.69, 9.17) is 9.47 Å². The Bertz CT molecular complexity index is 1060. The van der Waals surface area contributed by atoms with Crippen LogP contribution in [0.1, 0.15) is 29.0 Å². The molecule has 3 heterocycles. The van der Waals surface area contributed by atoms with Gasteiger partial charge in [-0.15, -0.1) is 0 Å². The fourth-order valence-corrected chi connectivity index (χ4v) is 3.73. The molecular weight excluding hydrogens is 387 g/mol. The lowest BCUT2D eigenvalue weighted by atomic mass is 10.0. The SMILES string of the molecule is COc1ccc(F)cc1Nc1ncc(C(=O)NCC2CCOCC2)n2c(C)ccc12. The van der Waals surface area contributed by atoms with E-state index in [1.807, 2.05) is 23.5 Å². The fourth-order valence-electron chi connectivity index (χ4n) is 3.73. The van der Waals surface area contributed by atoms with E-state index in [0.29, 0.717) is 35.4 Å². The van der Waals surface area contributed by atoms with Gasteiger partial charge in [0.15, 0.2) is 5.82 Å². The Morgan fingerprint density at radius 2 is 2.10 bits per heavy atom. The lowest BCUT2D eigenvalue weighted by Crippen LogP contribution is -2.33. The Morgan fingerprint density at radius 3 is 2.87 bits per heavy atom. The molecule has 1 aliphatic rings. The van der Waals surface area contributed by atoms with E-state index in [9.17, 15) is 9.18 Å². The quantitative estimate of drug-likeness (QED) is 0.646. The second-order valence-corrected chi connectivity index (χ2v) is 7.42. The summed E-state index contributed by atoms with van der Waals surface area (Å²) in [6, 6.07) is 8.03. The third-order valence-electron chi connectivity index (χ3n) is 5.41. The molecule has 8 heteroatoms. The van der Waals surface area contributed by atoms with Crippen molar-refractivity contribution in [1.82, 2.24) is 14.7 Å². The van der Waals surface area contributed by atoms with Crippen LogP contribution in [0.25, 0.3) is 5.52 Å². The van der Waals surface area contributed by atoms with Gasteiger partial charge in [0, 0.05) is 31.5 Å². The summed E-state index contributed by atoms with van der Waals surface area (Å²) in [6.45, 7) is 4.03. The van der Waals surface area contributed by atoms with Crippen LogP contribution in [0.3, 0.4) is 0 Å². The number of benzene rings is 1. The summed E-state index contributed by atoms with van der Waals surface area (Å²) in [6.07, 6.45) is 3.44. The van der Waals surface area contributed by atoms with Gasteiger partial charge < -0.3 is 24.5 Å². The van der Waals surface area contributed by atoms with E-state index >= 15 is 0 Å². The number of carbonyl (C=O) groups is 1. The van der Waals surface area contributed by atoms with Gasteiger partial charge in [-0.1, -0.05) is 0 Å². The van der Waals surface area contributed by atoms with Gasteiger partial charge in [0.2, 0.25) is 0 Å². The summed E-state index contributed by atoms with van der Waals surface area (Å²) in [5.41, 5.74) is 2.54. The first-order valence-corrected chi connectivity index (χ1v) is 10.0. The molecule has 2 aromatic heterocycles. The molecule has 158 valence electrons. The molecule has 3 aromatic rings. The molecule has 0 atom stereocenters. The summed E-state index contributed by atoms with van der Waals surface area (Å²) in [5, 5.41) is 6.16. The third kappa shape index (κ3) is 4.09. The predicted molar refractivity (Wildman–Crippen MR) is 112 cm³/mol. The van der Waals surface area contributed by atoms with Crippen molar-refractivity contribution in [3.63, 3.8) is 0 Å². The zero-order valence-corrected chi connectivity index (χ0v) is 17.1. The molecule has 1 amide bonds. The Balaban J connectivity index is 1.60. The third-order valence-corrected chi connectivity index (χ3v) is 5.41. The van der Waals surface area contributed by atoms with Crippen LogP contribution in [-0.2, 0) is 4.74 Å². The Kier molecular flexibility index (Phi) is 5.85. The van der Waals surface area contributed by atoms with Crippen molar-refractivity contribution in [2.75, 3.05) is 32.2 Å². The molecule has 1 aliphatic heterocycles. The van der Waals surface area contributed by atoms with Gasteiger partial charge in [-0.05, 0) is 49.9 Å². The summed E-state index contributed by atoms with van der Waals surface area (Å²) >= 11 is 0. The fraction of sp³-hybridized carbons (Fsp3) is 0.364. The highest BCUT2D eigenvalue weighted by atomic mass is 19.1. The largest absolute Gasteiger partial charge is 0.495 e. The number of nitrogens with one attached hydrogen (secondary N) is 2. The van der Waals surface area contributed by atoms with Gasteiger partial charge in [0.25, 0.3) is 5.91 Å². The van der Waals surface area contributed by atoms with Gasteiger partial charge in [0.05, 0.1) is 24.5 Å². The van der Waals surface area contributed by atoms with Gasteiger partial charge in [0.1, 0.15) is 17.3 Å². The van der Waals surface area contributed by atoms with Crippen LogP contribution in [0.5, 0.6) is 5.75 Å². The molecule has 1 fully saturated rings. The molecule has 1 aromatic carbocycles. The highest BCUT2D eigenvalue weighted by Crippen LogP contribution is 2.30. The molecule has 0 spiro atoms. The highest BCUT2D eigenvalue weighted by molar-refractivity contribution is 5.94. The smallest absolute Gasteiger partial charge is 0.269 e. The number of rotatable bonds is 6. The van der Waals surface area contributed by atoms with Crippen LogP contribution >= 0.6 is 0 Å². The Morgan fingerprint density at radius 1 is 1.30 bits per heavy atom. The average Bonchev–Trinajstić information content (AvgIpc) is 3.15. The van der Waals surface area contributed by atoms with Crippen LogP contribution in [0.15, 0.2) is 36.5 Å². The number of ether oxygens (including phenoxy) is 2. The maximum atomic E-state index is 13.7. The molecule has 7 nitrogen and oxygen atoms in total. The topological polar surface area (TPSA) is 76.9 Å². The first-order chi connectivity index (χ1) is 14.6. The van der Waals surface area contributed by atoms with Crippen molar-refractivity contribution in [3.05, 3.63) is 53.7 Å². The van der Waals surface area contributed by atoms with E-state index < -0.39 is 0 Å². The van der Waals surface area contributed by atoms with E-state index in [-0.39, 0.29) is 11.7 Å². The number of anilines is 2. The average molecular weight is 412 g/mol. The molecule has 0 bridgehead atoms. The monoisotopic (exact) mass is 412 g/mol. The number of nitrogens with zero attached hydrogens (tertiary/aromatic N) is 2. The molecule has 2 N–H and O–H groups in total. The predicted octanol–water partition coefficient (Wildman–Crippen LogP) is 3.69. The number of fused-ring (bicyclic) bond motifs is 1. The Hall–Kier alpha value is -3.13. The molecule has 0 saturated carbocycles. The van der Waals surface area contributed by atoms with Crippen LogP contribution in [0, 0.1) is 18.7 Å². The van der Waals surface area contributed by atoms with Crippen LogP contribution in [-0.4, -0.2) is 42.2 Å². The summed E-state index contributed by atoms with van der Waals surface area (Å²) in [7, 11) is 1.52. The normalized spacial score (nSPS) is 14.6. The number of aromatic nitrogens is 2. The molecular formula is C22H25FN4O3. The Labute approximate surface area is 174 Å². The van der Waals surface area contributed by atoms with Crippen molar-refractivity contribution in [3.8, 4) is 5.75 Å². The molecule has 0 aliphatic carbocycles. The minimum Gasteiger partial charge on any atom is -0.495 e. The zero-order chi connectivity index (χ0) is 21.1. The van der Waals surface area contributed by atoms with E-state index in [1.54, 1.807) is 6.07 Å². The molecule has 0 unspecified atom stereocenters.